The molecule has 0 saturated heterocycles. The average molecular weight is 281 g/mol. The number of hydrogen-bond acceptors (Lipinski definition) is 3. The molecule has 110 valence electrons. The standard InChI is InChI=1S/C18H23N3/c19-21-17(13-15-7-6-12-20-14-15)18(10-4-5-11-18)16-8-2-1-3-9-16/h1-3,6-9,12,14,17,21H,4-5,10-11,13,19H2. The third-order valence-electron chi connectivity index (χ3n) is 4.88. The Kier molecular flexibility index (Phi) is 4.32. The van der Waals surface area contributed by atoms with Gasteiger partial charge in [0, 0.05) is 23.9 Å². The molecule has 3 heteroatoms. The molecule has 1 fully saturated rings. The lowest BCUT2D eigenvalue weighted by atomic mass is 9.71. The third kappa shape index (κ3) is 2.85. The van der Waals surface area contributed by atoms with Gasteiger partial charge in [0.05, 0.1) is 0 Å². The SMILES string of the molecule is NNC(Cc1cccnc1)C1(c2ccccc2)CCCC1. The molecule has 1 unspecified atom stereocenters. The van der Waals surface area contributed by atoms with E-state index in [0.717, 1.165) is 6.42 Å². The van der Waals surface area contributed by atoms with E-state index in [-0.39, 0.29) is 11.5 Å². The number of nitrogens with one attached hydrogen (secondary N) is 1. The van der Waals surface area contributed by atoms with Gasteiger partial charge >= 0.3 is 0 Å². The third-order valence-corrected chi connectivity index (χ3v) is 4.88. The quantitative estimate of drug-likeness (QED) is 0.654. The molecule has 1 saturated carbocycles. The molecule has 1 aliphatic rings. The highest BCUT2D eigenvalue weighted by molar-refractivity contribution is 5.30. The predicted octanol–water partition coefficient (Wildman–Crippen LogP) is 2.97. The first-order chi connectivity index (χ1) is 10.3. The van der Waals surface area contributed by atoms with Crippen molar-refractivity contribution in [3.8, 4) is 0 Å². The van der Waals surface area contributed by atoms with Crippen LogP contribution in [0.5, 0.6) is 0 Å². The number of hydrazine groups is 1. The van der Waals surface area contributed by atoms with Crippen molar-refractivity contribution in [2.45, 2.75) is 43.6 Å². The minimum absolute atomic E-state index is 0.145. The number of hydrogen-bond donors (Lipinski definition) is 2. The molecule has 3 rings (SSSR count). The number of rotatable bonds is 5. The topological polar surface area (TPSA) is 50.9 Å². The van der Waals surface area contributed by atoms with Crippen molar-refractivity contribution in [3.63, 3.8) is 0 Å². The Morgan fingerprint density at radius 2 is 1.86 bits per heavy atom. The van der Waals surface area contributed by atoms with Crippen molar-refractivity contribution in [1.82, 2.24) is 10.4 Å². The molecule has 1 aromatic carbocycles. The summed E-state index contributed by atoms with van der Waals surface area (Å²) in [4.78, 5) is 4.23. The molecule has 0 amide bonds. The summed E-state index contributed by atoms with van der Waals surface area (Å²) in [7, 11) is 0. The fourth-order valence-electron chi connectivity index (χ4n) is 3.78. The molecule has 0 spiro atoms. The van der Waals surface area contributed by atoms with Gasteiger partial charge in [0.15, 0.2) is 0 Å². The van der Waals surface area contributed by atoms with E-state index in [2.05, 4.69) is 46.8 Å². The number of pyridine rings is 1. The van der Waals surface area contributed by atoms with Gasteiger partial charge in [-0.15, -0.1) is 0 Å². The zero-order valence-electron chi connectivity index (χ0n) is 12.3. The fraction of sp³-hybridized carbons (Fsp3) is 0.389. The summed E-state index contributed by atoms with van der Waals surface area (Å²) < 4.78 is 0. The molecule has 3 N–H and O–H groups in total. The van der Waals surface area contributed by atoms with Crippen LogP contribution in [-0.4, -0.2) is 11.0 Å². The Hall–Kier alpha value is -1.71. The summed E-state index contributed by atoms with van der Waals surface area (Å²) in [5, 5.41) is 0. The van der Waals surface area contributed by atoms with Gasteiger partial charge < -0.3 is 0 Å². The van der Waals surface area contributed by atoms with Crippen molar-refractivity contribution in [2.75, 3.05) is 0 Å². The number of nitrogens with two attached hydrogens (primary N) is 1. The highest BCUT2D eigenvalue weighted by Crippen LogP contribution is 2.44. The Morgan fingerprint density at radius 1 is 1.10 bits per heavy atom. The highest BCUT2D eigenvalue weighted by atomic mass is 15.2. The van der Waals surface area contributed by atoms with Crippen molar-refractivity contribution in [3.05, 3.63) is 66.0 Å². The van der Waals surface area contributed by atoms with Crippen LogP contribution >= 0.6 is 0 Å². The smallest absolute Gasteiger partial charge is 0.0348 e. The van der Waals surface area contributed by atoms with Crippen LogP contribution in [0.3, 0.4) is 0 Å². The molecule has 1 aliphatic carbocycles. The van der Waals surface area contributed by atoms with E-state index >= 15 is 0 Å². The largest absolute Gasteiger partial charge is 0.271 e. The first-order valence-electron chi connectivity index (χ1n) is 7.76. The van der Waals surface area contributed by atoms with Gasteiger partial charge in [-0.1, -0.05) is 49.2 Å². The van der Waals surface area contributed by atoms with Crippen molar-refractivity contribution < 1.29 is 0 Å². The van der Waals surface area contributed by atoms with Crippen LogP contribution < -0.4 is 11.3 Å². The molecule has 0 aliphatic heterocycles. The van der Waals surface area contributed by atoms with Crippen LogP contribution in [0.15, 0.2) is 54.9 Å². The molecular weight excluding hydrogens is 258 g/mol. The summed E-state index contributed by atoms with van der Waals surface area (Å²) in [6.07, 6.45) is 9.63. The van der Waals surface area contributed by atoms with E-state index in [1.165, 1.54) is 36.8 Å². The molecule has 0 radical (unpaired) electrons. The van der Waals surface area contributed by atoms with E-state index in [9.17, 15) is 0 Å². The lowest BCUT2D eigenvalue weighted by molar-refractivity contribution is 0.296. The molecular formula is C18H23N3. The summed E-state index contributed by atoms with van der Waals surface area (Å²) in [6.45, 7) is 0. The van der Waals surface area contributed by atoms with Crippen LogP contribution in [-0.2, 0) is 11.8 Å². The number of benzene rings is 1. The maximum Gasteiger partial charge on any atom is 0.0348 e. The van der Waals surface area contributed by atoms with E-state index in [1.54, 1.807) is 0 Å². The second-order valence-corrected chi connectivity index (χ2v) is 6.01. The molecule has 1 heterocycles. The average Bonchev–Trinajstić information content (AvgIpc) is 3.05. The first kappa shape index (κ1) is 14.2. The van der Waals surface area contributed by atoms with Gasteiger partial charge in [-0.3, -0.25) is 16.3 Å². The van der Waals surface area contributed by atoms with E-state index < -0.39 is 0 Å². The summed E-state index contributed by atoms with van der Waals surface area (Å²) >= 11 is 0. The summed E-state index contributed by atoms with van der Waals surface area (Å²) in [5.41, 5.74) is 5.90. The second-order valence-electron chi connectivity index (χ2n) is 6.01. The Morgan fingerprint density at radius 3 is 2.48 bits per heavy atom. The fourth-order valence-corrected chi connectivity index (χ4v) is 3.78. The van der Waals surface area contributed by atoms with Gasteiger partial charge in [0.1, 0.15) is 0 Å². The van der Waals surface area contributed by atoms with Crippen molar-refractivity contribution in [1.29, 1.82) is 0 Å². The molecule has 1 atom stereocenters. The normalized spacial score (nSPS) is 18.5. The molecule has 3 nitrogen and oxygen atoms in total. The monoisotopic (exact) mass is 281 g/mol. The lowest BCUT2D eigenvalue weighted by Gasteiger charge is -2.38. The highest BCUT2D eigenvalue weighted by Gasteiger charge is 2.42. The predicted molar refractivity (Wildman–Crippen MR) is 85.6 cm³/mol. The van der Waals surface area contributed by atoms with Crippen LogP contribution in [0, 0.1) is 0 Å². The molecule has 0 bridgehead atoms. The Labute approximate surface area is 126 Å². The minimum Gasteiger partial charge on any atom is -0.271 e. The van der Waals surface area contributed by atoms with E-state index in [4.69, 9.17) is 5.84 Å². The zero-order chi connectivity index (χ0) is 14.5. The minimum atomic E-state index is 0.145. The van der Waals surface area contributed by atoms with Crippen LogP contribution in [0.4, 0.5) is 0 Å². The van der Waals surface area contributed by atoms with Crippen molar-refractivity contribution in [2.24, 2.45) is 5.84 Å². The maximum atomic E-state index is 5.95. The summed E-state index contributed by atoms with van der Waals surface area (Å²) in [5.74, 6) is 5.95. The van der Waals surface area contributed by atoms with Crippen LogP contribution in [0.25, 0.3) is 0 Å². The number of aromatic nitrogens is 1. The van der Waals surface area contributed by atoms with Gasteiger partial charge in [0.25, 0.3) is 0 Å². The second kappa shape index (κ2) is 6.37. The molecule has 1 aromatic heterocycles. The number of nitrogens with zero attached hydrogens (tertiary/aromatic N) is 1. The maximum absolute atomic E-state index is 5.95. The van der Waals surface area contributed by atoms with E-state index in [0.29, 0.717) is 0 Å². The van der Waals surface area contributed by atoms with Crippen molar-refractivity contribution >= 4 is 0 Å². The van der Waals surface area contributed by atoms with Gasteiger partial charge in [0.2, 0.25) is 0 Å². The lowest BCUT2D eigenvalue weighted by Crippen LogP contribution is -2.51. The van der Waals surface area contributed by atoms with Gasteiger partial charge in [-0.2, -0.15) is 0 Å². The Balaban J connectivity index is 1.92. The Bertz CT molecular complexity index is 547. The van der Waals surface area contributed by atoms with E-state index in [1.807, 2.05) is 18.5 Å². The van der Waals surface area contributed by atoms with Gasteiger partial charge in [-0.05, 0) is 36.5 Å². The molecule has 21 heavy (non-hydrogen) atoms. The van der Waals surface area contributed by atoms with Gasteiger partial charge in [-0.25, -0.2) is 0 Å². The molecule has 2 aromatic rings. The van der Waals surface area contributed by atoms with Crippen LogP contribution in [0.1, 0.15) is 36.8 Å². The summed E-state index contributed by atoms with van der Waals surface area (Å²) in [6, 6.07) is 15.2. The van der Waals surface area contributed by atoms with Crippen LogP contribution in [0.2, 0.25) is 0 Å². The zero-order valence-corrected chi connectivity index (χ0v) is 12.3. The first-order valence-corrected chi connectivity index (χ1v) is 7.76.